The third kappa shape index (κ3) is 3.85. The minimum Gasteiger partial charge on any atom is -0.310 e. The van der Waals surface area contributed by atoms with E-state index in [0.717, 1.165) is 23.7 Å². The van der Waals surface area contributed by atoms with Crippen LogP contribution in [0, 0.1) is 23.7 Å². The smallest absolute Gasteiger partial charge is 0.0543 e. The molecule has 0 N–H and O–H groups in total. The number of anilines is 3. The van der Waals surface area contributed by atoms with Crippen molar-refractivity contribution in [3.8, 4) is 16.8 Å². The van der Waals surface area contributed by atoms with Crippen LogP contribution in [0.15, 0.2) is 158 Å². The summed E-state index contributed by atoms with van der Waals surface area (Å²) in [6.45, 7) is 0. The van der Waals surface area contributed by atoms with Crippen molar-refractivity contribution in [1.82, 2.24) is 4.57 Å². The van der Waals surface area contributed by atoms with Gasteiger partial charge in [-0.25, -0.2) is 0 Å². The second-order valence-corrected chi connectivity index (χ2v) is 16.2. The zero-order valence-corrected chi connectivity index (χ0v) is 29.3. The van der Waals surface area contributed by atoms with Crippen molar-refractivity contribution in [1.29, 1.82) is 0 Å². The van der Waals surface area contributed by atoms with Crippen LogP contribution >= 0.6 is 0 Å². The van der Waals surface area contributed by atoms with Gasteiger partial charge >= 0.3 is 0 Å². The van der Waals surface area contributed by atoms with Gasteiger partial charge in [0.2, 0.25) is 0 Å². The monoisotopic (exact) mass is 668 g/mol. The lowest BCUT2D eigenvalue weighted by atomic mass is 9.43. The number of hydrogen-bond acceptors (Lipinski definition) is 1. The molecular weight excluding hydrogens is 629 g/mol. The summed E-state index contributed by atoms with van der Waals surface area (Å²) in [6.07, 6.45) is 7.04. The van der Waals surface area contributed by atoms with E-state index in [9.17, 15) is 0 Å². The molecule has 0 atom stereocenters. The maximum atomic E-state index is 2.55. The predicted molar refractivity (Wildman–Crippen MR) is 216 cm³/mol. The minimum atomic E-state index is 0.130. The number of fused-ring (bicyclic) bond motifs is 7. The number of nitrogens with zero attached hydrogens (tertiary/aromatic N) is 2. The summed E-state index contributed by atoms with van der Waals surface area (Å²) < 4.78 is 2.42. The summed E-state index contributed by atoms with van der Waals surface area (Å²) in [4.78, 5) is 2.55. The molecule has 13 rings (SSSR count). The van der Waals surface area contributed by atoms with E-state index in [2.05, 4.69) is 167 Å². The molecule has 0 aliphatic heterocycles. The van der Waals surface area contributed by atoms with Crippen molar-refractivity contribution in [3.05, 3.63) is 169 Å². The Kier molecular flexibility index (Phi) is 5.98. The van der Waals surface area contributed by atoms with E-state index in [4.69, 9.17) is 0 Å². The Labute approximate surface area is 305 Å². The molecule has 1 aromatic heterocycles. The van der Waals surface area contributed by atoms with Crippen LogP contribution in [0.3, 0.4) is 0 Å². The van der Waals surface area contributed by atoms with Gasteiger partial charge in [-0.15, -0.1) is 0 Å². The number of hydrogen-bond donors (Lipinski definition) is 0. The van der Waals surface area contributed by atoms with Gasteiger partial charge in [0.15, 0.2) is 0 Å². The normalized spacial score (nSPS) is 23.8. The maximum Gasteiger partial charge on any atom is 0.0543 e. The lowest BCUT2D eigenvalue weighted by Gasteiger charge is -2.61. The zero-order chi connectivity index (χ0) is 34.0. The third-order valence-corrected chi connectivity index (χ3v) is 13.7. The average Bonchev–Trinajstić information content (AvgIpc) is 3.69. The van der Waals surface area contributed by atoms with E-state index >= 15 is 0 Å². The highest BCUT2D eigenvalue weighted by atomic mass is 15.1. The molecule has 5 aliphatic rings. The standard InChI is InChI=1S/C50H40N2/c1-2-11-35-31-40(21-20-34(35)10-1)51(38-22-24-39(25-23-38)52-46-17-7-4-12-41(46)42-13-5-8-18-47(42)52)48-19-9-16-45-49(48)43-14-3-6-15-44(43)50(45)36-27-32-26-33(29-36)30-37(50)28-32/h1-25,31-33,36-37H,26-30H2. The zero-order valence-electron chi connectivity index (χ0n) is 29.3. The third-order valence-electron chi connectivity index (χ3n) is 13.7. The van der Waals surface area contributed by atoms with E-state index < -0.39 is 0 Å². The molecule has 2 heteroatoms. The number of aromatic nitrogens is 1. The highest BCUT2D eigenvalue weighted by Crippen LogP contribution is 2.70. The van der Waals surface area contributed by atoms with E-state index in [0.29, 0.717) is 0 Å². The Balaban J connectivity index is 1.08. The first-order chi connectivity index (χ1) is 25.8. The number of para-hydroxylation sites is 2. The molecule has 250 valence electrons. The quantitative estimate of drug-likeness (QED) is 0.181. The maximum absolute atomic E-state index is 2.55. The van der Waals surface area contributed by atoms with Crippen LogP contribution in [0.25, 0.3) is 49.4 Å². The molecule has 8 aromatic rings. The van der Waals surface area contributed by atoms with Gasteiger partial charge in [-0.05, 0) is 138 Å². The molecule has 2 nitrogen and oxygen atoms in total. The number of rotatable bonds is 4. The van der Waals surface area contributed by atoms with Crippen LogP contribution in [-0.2, 0) is 5.41 Å². The number of benzene rings is 7. The minimum absolute atomic E-state index is 0.130. The molecule has 1 heterocycles. The summed E-state index contributed by atoms with van der Waals surface area (Å²) in [7, 11) is 0. The van der Waals surface area contributed by atoms with Crippen molar-refractivity contribution in [2.45, 2.75) is 37.5 Å². The van der Waals surface area contributed by atoms with Crippen molar-refractivity contribution in [2.24, 2.45) is 23.7 Å². The van der Waals surface area contributed by atoms with E-state index in [1.807, 2.05) is 0 Å². The van der Waals surface area contributed by atoms with Crippen molar-refractivity contribution in [3.63, 3.8) is 0 Å². The highest BCUT2D eigenvalue weighted by Gasteiger charge is 2.61. The molecule has 0 unspecified atom stereocenters. The fourth-order valence-corrected chi connectivity index (χ4v) is 12.1. The van der Waals surface area contributed by atoms with E-state index in [-0.39, 0.29) is 5.41 Å². The molecule has 52 heavy (non-hydrogen) atoms. The topological polar surface area (TPSA) is 8.17 Å². The molecule has 7 aromatic carbocycles. The van der Waals surface area contributed by atoms with Gasteiger partial charge in [-0.3, -0.25) is 0 Å². The molecule has 0 amide bonds. The summed E-state index contributed by atoms with van der Waals surface area (Å²) in [5.74, 6) is 3.33. The summed E-state index contributed by atoms with van der Waals surface area (Å²) in [5.41, 5.74) is 13.5. The van der Waals surface area contributed by atoms with Crippen LogP contribution in [0.5, 0.6) is 0 Å². The molecule has 4 fully saturated rings. The van der Waals surface area contributed by atoms with Gasteiger partial charge in [-0.2, -0.15) is 0 Å². The first kappa shape index (κ1) is 29.0. The highest BCUT2D eigenvalue weighted by molar-refractivity contribution is 6.09. The molecule has 4 bridgehead atoms. The van der Waals surface area contributed by atoms with Crippen LogP contribution in [-0.4, -0.2) is 4.57 Å². The van der Waals surface area contributed by atoms with E-state index in [1.54, 1.807) is 11.1 Å². The lowest BCUT2D eigenvalue weighted by molar-refractivity contribution is -0.0399. The summed E-state index contributed by atoms with van der Waals surface area (Å²) >= 11 is 0. The lowest BCUT2D eigenvalue weighted by Crippen LogP contribution is -2.55. The van der Waals surface area contributed by atoms with Gasteiger partial charge in [0.25, 0.3) is 0 Å². The Morgan fingerprint density at radius 1 is 0.481 bits per heavy atom. The second-order valence-electron chi connectivity index (χ2n) is 16.2. The first-order valence-electron chi connectivity index (χ1n) is 19.4. The van der Waals surface area contributed by atoms with Crippen molar-refractivity contribution >= 4 is 49.6 Å². The fourth-order valence-electron chi connectivity index (χ4n) is 12.1. The molecule has 0 radical (unpaired) electrons. The van der Waals surface area contributed by atoms with Crippen LogP contribution in [0.2, 0.25) is 0 Å². The molecule has 4 saturated carbocycles. The summed E-state index contributed by atoms with van der Waals surface area (Å²) in [5, 5.41) is 5.11. The molecule has 1 spiro atoms. The predicted octanol–water partition coefficient (Wildman–Crippen LogP) is 13.1. The SMILES string of the molecule is c1ccc2c(c1)-c1c(N(c3ccc(-n4c5ccccc5c5ccccc54)cc3)c3ccc4ccccc4c3)cccc1C21C2CC3CC(C2)CC1C3. The van der Waals surface area contributed by atoms with Gasteiger partial charge in [0, 0.05) is 38.8 Å². The van der Waals surface area contributed by atoms with Crippen LogP contribution in [0.1, 0.15) is 43.2 Å². The average molecular weight is 669 g/mol. The molecular formula is C50H40N2. The van der Waals surface area contributed by atoms with Gasteiger partial charge < -0.3 is 9.47 Å². The van der Waals surface area contributed by atoms with Crippen LogP contribution in [0.4, 0.5) is 17.1 Å². The Morgan fingerprint density at radius 3 is 1.81 bits per heavy atom. The van der Waals surface area contributed by atoms with Gasteiger partial charge in [-0.1, -0.05) is 103 Å². The van der Waals surface area contributed by atoms with Gasteiger partial charge in [0.05, 0.1) is 16.7 Å². The summed E-state index contributed by atoms with van der Waals surface area (Å²) in [6, 6.07) is 59.4. The first-order valence-corrected chi connectivity index (χ1v) is 19.4. The Hall–Kier alpha value is -5.60. The molecule has 0 saturated heterocycles. The van der Waals surface area contributed by atoms with Crippen molar-refractivity contribution in [2.75, 3.05) is 4.90 Å². The van der Waals surface area contributed by atoms with Crippen LogP contribution < -0.4 is 4.90 Å². The fraction of sp³-hybridized carbons (Fsp3) is 0.200. The largest absolute Gasteiger partial charge is 0.310 e. The Bertz CT molecular complexity index is 2630. The van der Waals surface area contributed by atoms with E-state index in [1.165, 1.54) is 98.6 Å². The van der Waals surface area contributed by atoms with Crippen molar-refractivity contribution < 1.29 is 0 Å². The Morgan fingerprint density at radius 2 is 1.08 bits per heavy atom. The second kappa shape index (κ2) is 10.7. The van der Waals surface area contributed by atoms with Gasteiger partial charge in [0.1, 0.15) is 0 Å². The molecule has 5 aliphatic carbocycles.